The van der Waals surface area contributed by atoms with Crippen molar-refractivity contribution >= 4 is 25.4 Å². The highest BCUT2D eigenvalue weighted by molar-refractivity contribution is 7.51. The van der Waals surface area contributed by atoms with Crippen molar-refractivity contribution in [3.8, 4) is 5.75 Å². The SMILES string of the molecule is CCCCCCCCOC(=O)C(C)OP(=O)(Oc1ccc([N+](=O)[O-])cc1)N(CCCCCCCC)C(Cc1ccccc1)C(=O)O. The molecule has 2 aromatic carbocycles. The van der Waals surface area contributed by atoms with E-state index in [0.717, 1.165) is 64.2 Å². The standard InChI is InChI=1S/C34H51N2O9P/c1-4-6-8-10-12-17-25-35(32(33(37)38)27-29-19-15-14-16-20-29)46(42,45-31-23-21-30(22-24-31)36(40)41)44-28(3)34(39)43-26-18-13-11-9-7-5-2/h14-16,19-24,28,32H,4-13,17-18,25-27H2,1-3H3,(H,37,38). The number of esters is 1. The molecule has 12 heteroatoms. The predicted octanol–water partition coefficient (Wildman–Crippen LogP) is 8.75. The van der Waals surface area contributed by atoms with E-state index in [-0.39, 0.29) is 31.0 Å². The Morgan fingerprint density at radius 1 is 0.870 bits per heavy atom. The van der Waals surface area contributed by atoms with Gasteiger partial charge in [-0.25, -0.2) is 9.36 Å². The third-order valence-electron chi connectivity index (χ3n) is 7.61. The lowest BCUT2D eigenvalue weighted by Crippen LogP contribution is -2.43. The van der Waals surface area contributed by atoms with Crippen LogP contribution in [0.4, 0.5) is 5.69 Å². The lowest BCUT2D eigenvalue weighted by atomic mass is 10.1. The van der Waals surface area contributed by atoms with Gasteiger partial charge >= 0.3 is 19.7 Å². The normalized spacial score (nSPS) is 13.9. The van der Waals surface area contributed by atoms with E-state index in [2.05, 4.69) is 13.8 Å². The molecule has 3 unspecified atom stereocenters. The van der Waals surface area contributed by atoms with Gasteiger partial charge in [0, 0.05) is 18.7 Å². The van der Waals surface area contributed by atoms with E-state index in [4.69, 9.17) is 13.8 Å². The van der Waals surface area contributed by atoms with Gasteiger partial charge in [-0.2, -0.15) is 4.67 Å². The van der Waals surface area contributed by atoms with Crippen molar-refractivity contribution in [2.75, 3.05) is 13.2 Å². The number of hydrogen-bond acceptors (Lipinski definition) is 8. The summed E-state index contributed by atoms with van der Waals surface area (Å²) in [6.07, 6.45) is 10.1. The van der Waals surface area contributed by atoms with Crippen LogP contribution in [0.2, 0.25) is 0 Å². The Hall–Kier alpha value is -3.27. The summed E-state index contributed by atoms with van der Waals surface area (Å²) in [5, 5.41) is 21.6. The number of unbranched alkanes of at least 4 members (excludes halogenated alkanes) is 10. The highest BCUT2D eigenvalue weighted by Crippen LogP contribution is 2.55. The Morgan fingerprint density at radius 2 is 1.43 bits per heavy atom. The van der Waals surface area contributed by atoms with Gasteiger partial charge in [-0.3, -0.25) is 19.4 Å². The number of ether oxygens (including phenoxy) is 1. The molecule has 1 N–H and O–H groups in total. The van der Waals surface area contributed by atoms with Crippen LogP contribution >= 0.6 is 7.75 Å². The van der Waals surface area contributed by atoms with Gasteiger partial charge in [0.15, 0.2) is 6.10 Å². The summed E-state index contributed by atoms with van der Waals surface area (Å²) in [4.78, 5) is 36.4. The van der Waals surface area contributed by atoms with Crippen LogP contribution in [-0.2, 0) is 29.8 Å². The Balaban J connectivity index is 2.38. The number of benzene rings is 2. The molecule has 2 rings (SSSR count). The first kappa shape index (κ1) is 38.9. The predicted molar refractivity (Wildman–Crippen MR) is 178 cm³/mol. The minimum atomic E-state index is -4.58. The van der Waals surface area contributed by atoms with E-state index in [0.29, 0.717) is 18.4 Å². The van der Waals surface area contributed by atoms with Gasteiger partial charge in [-0.05, 0) is 43.9 Å². The Morgan fingerprint density at radius 3 is 2.00 bits per heavy atom. The van der Waals surface area contributed by atoms with E-state index in [1.807, 2.05) is 6.07 Å². The molecule has 0 aliphatic carbocycles. The number of nitrogens with zero attached hydrogens (tertiary/aromatic N) is 2. The molecular formula is C34H51N2O9P. The number of hydrogen-bond donors (Lipinski definition) is 1. The van der Waals surface area contributed by atoms with Gasteiger partial charge in [0.2, 0.25) is 0 Å². The zero-order valence-corrected chi connectivity index (χ0v) is 28.4. The molecule has 0 amide bonds. The lowest BCUT2D eigenvalue weighted by molar-refractivity contribution is -0.384. The average molecular weight is 663 g/mol. The second-order valence-corrected chi connectivity index (χ2v) is 13.3. The van der Waals surface area contributed by atoms with Crippen LogP contribution in [0.25, 0.3) is 0 Å². The first-order valence-corrected chi connectivity index (χ1v) is 18.0. The number of rotatable bonds is 25. The zero-order valence-electron chi connectivity index (χ0n) is 27.5. The summed E-state index contributed by atoms with van der Waals surface area (Å²) >= 11 is 0. The maximum Gasteiger partial charge on any atom is 0.463 e. The van der Waals surface area contributed by atoms with Crippen molar-refractivity contribution < 1.29 is 38.0 Å². The molecule has 0 radical (unpaired) electrons. The fourth-order valence-corrected chi connectivity index (χ4v) is 7.02. The maximum atomic E-state index is 14.9. The Labute approximate surface area is 273 Å². The number of aliphatic carboxylic acids is 1. The average Bonchev–Trinajstić information content (AvgIpc) is 3.03. The van der Waals surface area contributed by atoms with Crippen LogP contribution < -0.4 is 4.52 Å². The summed E-state index contributed by atoms with van der Waals surface area (Å²) < 4.78 is 33.3. The molecule has 0 fully saturated rings. The number of carboxylic acid groups (broad SMARTS) is 1. The third-order valence-corrected chi connectivity index (χ3v) is 9.74. The van der Waals surface area contributed by atoms with Crippen molar-refractivity contribution in [1.82, 2.24) is 4.67 Å². The summed E-state index contributed by atoms with van der Waals surface area (Å²) in [5.74, 6) is -2.00. The van der Waals surface area contributed by atoms with Crippen LogP contribution in [0, 0.1) is 10.1 Å². The minimum Gasteiger partial charge on any atom is -0.480 e. The lowest BCUT2D eigenvalue weighted by Gasteiger charge is -2.35. The molecular weight excluding hydrogens is 611 g/mol. The van der Waals surface area contributed by atoms with Crippen molar-refractivity contribution in [2.45, 2.75) is 116 Å². The fourth-order valence-electron chi connectivity index (χ4n) is 4.97. The van der Waals surface area contributed by atoms with Gasteiger partial charge in [0.05, 0.1) is 11.5 Å². The number of carbonyl (C=O) groups excluding carboxylic acids is 1. The molecule has 0 heterocycles. The van der Waals surface area contributed by atoms with Gasteiger partial charge in [-0.15, -0.1) is 0 Å². The molecule has 0 saturated heterocycles. The first-order valence-electron chi connectivity index (χ1n) is 16.5. The first-order chi connectivity index (χ1) is 22.1. The van der Waals surface area contributed by atoms with Crippen LogP contribution in [0.3, 0.4) is 0 Å². The molecule has 11 nitrogen and oxygen atoms in total. The highest BCUT2D eigenvalue weighted by atomic mass is 31.2. The van der Waals surface area contributed by atoms with E-state index in [1.54, 1.807) is 24.3 Å². The molecule has 256 valence electrons. The molecule has 3 atom stereocenters. The highest BCUT2D eigenvalue weighted by Gasteiger charge is 2.45. The monoisotopic (exact) mass is 662 g/mol. The van der Waals surface area contributed by atoms with Gasteiger partial charge < -0.3 is 14.4 Å². The minimum absolute atomic E-state index is 0.000161. The second kappa shape index (κ2) is 21.5. The van der Waals surface area contributed by atoms with Crippen molar-refractivity contribution in [2.24, 2.45) is 0 Å². The van der Waals surface area contributed by atoms with Crippen molar-refractivity contribution in [3.63, 3.8) is 0 Å². The summed E-state index contributed by atoms with van der Waals surface area (Å²) in [6.45, 7) is 5.89. The van der Waals surface area contributed by atoms with Crippen molar-refractivity contribution in [1.29, 1.82) is 0 Å². The topological polar surface area (TPSA) is 146 Å². The second-order valence-electron chi connectivity index (χ2n) is 11.5. The largest absolute Gasteiger partial charge is 0.480 e. The van der Waals surface area contributed by atoms with Crippen LogP contribution in [0.1, 0.15) is 103 Å². The molecule has 0 aliphatic heterocycles. The van der Waals surface area contributed by atoms with Crippen LogP contribution in [0.15, 0.2) is 54.6 Å². The summed E-state index contributed by atoms with van der Waals surface area (Å²) in [5.41, 5.74) is 0.502. The third kappa shape index (κ3) is 14.0. The van der Waals surface area contributed by atoms with E-state index in [1.165, 1.54) is 35.9 Å². The molecule has 0 aromatic heterocycles. The van der Waals surface area contributed by atoms with Crippen molar-refractivity contribution in [3.05, 3.63) is 70.3 Å². The maximum absolute atomic E-state index is 14.9. The fraction of sp³-hybridized carbons (Fsp3) is 0.588. The number of carbonyl (C=O) groups is 2. The van der Waals surface area contributed by atoms with Gasteiger partial charge in [0.25, 0.3) is 5.69 Å². The summed E-state index contributed by atoms with van der Waals surface area (Å²) in [7, 11) is -4.58. The number of nitro benzene ring substituents is 1. The number of nitro groups is 1. The Bertz CT molecular complexity index is 1230. The van der Waals surface area contributed by atoms with E-state index < -0.39 is 36.8 Å². The van der Waals surface area contributed by atoms with E-state index >= 15 is 0 Å². The van der Waals surface area contributed by atoms with Crippen LogP contribution in [0.5, 0.6) is 5.75 Å². The molecule has 46 heavy (non-hydrogen) atoms. The Kier molecular flexibility index (Phi) is 18.2. The zero-order chi connectivity index (χ0) is 33.8. The smallest absolute Gasteiger partial charge is 0.463 e. The molecule has 0 spiro atoms. The van der Waals surface area contributed by atoms with E-state index in [9.17, 15) is 29.4 Å². The van der Waals surface area contributed by atoms with Crippen LogP contribution in [-0.4, -0.2) is 51.9 Å². The number of non-ortho nitro benzene ring substituents is 1. The molecule has 2 aromatic rings. The summed E-state index contributed by atoms with van der Waals surface area (Å²) in [6, 6.07) is 12.6. The van der Waals surface area contributed by atoms with Gasteiger partial charge in [0.1, 0.15) is 11.8 Å². The number of carboxylic acids is 1. The van der Waals surface area contributed by atoms with Gasteiger partial charge in [-0.1, -0.05) is 108 Å². The molecule has 0 aliphatic rings. The molecule has 0 bridgehead atoms. The molecule has 0 saturated carbocycles. The quantitative estimate of drug-likeness (QED) is 0.0360.